The minimum absolute atomic E-state index is 0.0504. The summed E-state index contributed by atoms with van der Waals surface area (Å²) in [7, 11) is 1.80. The van der Waals surface area contributed by atoms with Gasteiger partial charge in [0.1, 0.15) is 5.82 Å². The molecule has 0 bridgehead atoms. The highest BCUT2D eigenvalue weighted by molar-refractivity contribution is 5.78. The summed E-state index contributed by atoms with van der Waals surface area (Å²) in [5.74, 6) is -0.378. The maximum absolute atomic E-state index is 13.3. The molecule has 20 heavy (non-hydrogen) atoms. The Morgan fingerprint density at radius 2 is 1.95 bits per heavy atom. The van der Waals surface area contributed by atoms with E-state index >= 15 is 0 Å². The number of hydrogen-bond acceptors (Lipinski definition) is 3. The molecule has 1 rings (SSSR count). The van der Waals surface area contributed by atoms with Gasteiger partial charge >= 0.3 is 0 Å². The van der Waals surface area contributed by atoms with Gasteiger partial charge in [-0.05, 0) is 44.7 Å². The Morgan fingerprint density at radius 1 is 1.30 bits per heavy atom. The Kier molecular flexibility index (Phi) is 6.13. The summed E-state index contributed by atoms with van der Waals surface area (Å²) in [4.78, 5) is 15.5. The van der Waals surface area contributed by atoms with E-state index in [-0.39, 0.29) is 12.5 Å². The van der Waals surface area contributed by atoms with E-state index in [1.165, 1.54) is 12.1 Å². The lowest BCUT2D eigenvalue weighted by molar-refractivity contribution is -0.131. The molecule has 0 saturated heterocycles. The van der Waals surface area contributed by atoms with Crippen molar-refractivity contribution in [1.29, 1.82) is 5.26 Å². The average molecular weight is 277 g/mol. The van der Waals surface area contributed by atoms with Gasteiger partial charge in [-0.1, -0.05) is 0 Å². The van der Waals surface area contributed by atoms with E-state index in [1.807, 2.05) is 24.8 Å². The van der Waals surface area contributed by atoms with Crippen molar-refractivity contribution in [2.45, 2.75) is 20.4 Å². The minimum Gasteiger partial charge on any atom is -0.342 e. The summed E-state index contributed by atoms with van der Waals surface area (Å²) < 4.78 is 13.3. The molecule has 1 amide bonds. The fourth-order valence-corrected chi connectivity index (χ4v) is 2.08. The van der Waals surface area contributed by atoms with Crippen LogP contribution < -0.4 is 0 Å². The molecule has 108 valence electrons. The molecule has 0 aliphatic rings. The van der Waals surface area contributed by atoms with Crippen molar-refractivity contribution < 1.29 is 9.18 Å². The van der Waals surface area contributed by atoms with E-state index in [4.69, 9.17) is 5.26 Å². The number of rotatable bonds is 6. The molecule has 4 nitrogen and oxygen atoms in total. The van der Waals surface area contributed by atoms with E-state index in [0.29, 0.717) is 30.8 Å². The third kappa shape index (κ3) is 4.63. The van der Waals surface area contributed by atoms with Crippen LogP contribution in [0, 0.1) is 17.1 Å². The number of nitrogens with zero attached hydrogens (tertiary/aromatic N) is 3. The zero-order chi connectivity index (χ0) is 15.1. The zero-order valence-corrected chi connectivity index (χ0v) is 12.2. The molecule has 0 aromatic heterocycles. The first kappa shape index (κ1) is 16.1. The van der Waals surface area contributed by atoms with Crippen LogP contribution in [-0.4, -0.2) is 42.4 Å². The van der Waals surface area contributed by atoms with Gasteiger partial charge in [-0.15, -0.1) is 0 Å². The van der Waals surface area contributed by atoms with Gasteiger partial charge in [-0.3, -0.25) is 9.69 Å². The van der Waals surface area contributed by atoms with Crippen molar-refractivity contribution in [3.05, 3.63) is 35.1 Å². The topological polar surface area (TPSA) is 47.3 Å². The molecule has 5 heteroatoms. The number of carbonyl (C=O) groups excluding carboxylic acids is 1. The van der Waals surface area contributed by atoms with Crippen LogP contribution in [-0.2, 0) is 11.3 Å². The maximum atomic E-state index is 13.3. The molecule has 0 spiro atoms. The normalized spacial score (nSPS) is 10.4. The number of carbonyl (C=O) groups is 1. The summed E-state index contributed by atoms with van der Waals surface area (Å²) >= 11 is 0. The lowest BCUT2D eigenvalue weighted by Crippen LogP contribution is -2.38. The smallest absolute Gasteiger partial charge is 0.236 e. The molecule has 0 fully saturated rings. The molecule has 0 aliphatic heterocycles. The van der Waals surface area contributed by atoms with Gasteiger partial charge in [0.05, 0.1) is 18.2 Å². The van der Waals surface area contributed by atoms with E-state index in [1.54, 1.807) is 18.0 Å². The molecule has 1 aromatic carbocycles. The van der Waals surface area contributed by atoms with E-state index in [2.05, 4.69) is 0 Å². The molecule has 0 radical (unpaired) electrons. The highest BCUT2D eigenvalue weighted by Gasteiger charge is 2.13. The third-order valence-corrected chi connectivity index (χ3v) is 3.06. The predicted octanol–water partition coefficient (Wildman–Crippen LogP) is 2.00. The highest BCUT2D eigenvalue weighted by Crippen LogP contribution is 2.10. The van der Waals surface area contributed by atoms with Gasteiger partial charge in [0.2, 0.25) is 5.91 Å². The second-order valence-corrected chi connectivity index (χ2v) is 4.70. The minimum atomic E-state index is -0.428. The second-order valence-electron chi connectivity index (χ2n) is 4.70. The predicted molar refractivity (Wildman–Crippen MR) is 75.4 cm³/mol. The molecule has 1 aromatic rings. The largest absolute Gasteiger partial charge is 0.342 e. The Balaban J connectivity index is 2.67. The summed E-state index contributed by atoms with van der Waals surface area (Å²) in [5, 5.41) is 8.81. The van der Waals surface area contributed by atoms with Gasteiger partial charge in [0.25, 0.3) is 0 Å². The van der Waals surface area contributed by atoms with Crippen molar-refractivity contribution in [3.8, 4) is 6.07 Å². The average Bonchev–Trinajstić information content (AvgIpc) is 2.38. The first-order valence-corrected chi connectivity index (χ1v) is 6.66. The van der Waals surface area contributed by atoms with E-state index in [0.717, 1.165) is 0 Å². The molecule has 0 N–H and O–H groups in total. The number of amides is 1. The van der Waals surface area contributed by atoms with Crippen molar-refractivity contribution in [3.63, 3.8) is 0 Å². The molecule has 0 heterocycles. The fourth-order valence-electron chi connectivity index (χ4n) is 2.08. The SMILES string of the molecule is CCN(CC)C(=O)CN(C)Cc1cc(F)cc(C#N)c1. The van der Waals surface area contributed by atoms with Gasteiger partial charge in [0, 0.05) is 19.6 Å². The monoisotopic (exact) mass is 277 g/mol. The zero-order valence-electron chi connectivity index (χ0n) is 12.2. The van der Waals surface area contributed by atoms with Crippen LogP contribution in [0.15, 0.2) is 18.2 Å². The lowest BCUT2D eigenvalue weighted by Gasteiger charge is -2.23. The number of benzene rings is 1. The Morgan fingerprint density at radius 3 is 2.50 bits per heavy atom. The van der Waals surface area contributed by atoms with Gasteiger partial charge < -0.3 is 4.90 Å². The molecule has 0 saturated carbocycles. The van der Waals surface area contributed by atoms with Crippen molar-refractivity contribution in [2.24, 2.45) is 0 Å². The Hall–Kier alpha value is -1.93. The fraction of sp³-hybridized carbons (Fsp3) is 0.467. The highest BCUT2D eigenvalue weighted by atomic mass is 19.1. The van der Waals surface area contributed by atoms with Crippen LogP contribution in [0.4, 0.5) is 4.39 Å². The van der Waals surface area contributed by atoms with Crippen molar-refractivity contribution in [1.82, 2.24) is 9.80 Å². The summed E-state index contributed by atoms with van der Waals surface area (Å²) in [5.41, 5.74) is 0.986. The van der Waals surface area contributed by atoms with Crippen LogP contribution in [0.2, 0.25) is 0 Å². The van der Waals surface area contributed by atoms with E-state index < -0.39 is 5.82 Å². The molecule has 0 unspecified atom stereocenters. The summed E-state index contributed by atoms with van der Waals surface area (Å²) in [6.07, 6.45) is 0. The Bertz CT molecular complexity index is 506. The van der Waals surface area contributed by atoms with Crippen LogP contribution in [0.3, 0.4) is 0 Å². The van der Waals surface area contributed by atoms with Crippen molar-refractivity contribution >= 4 is 5.91 Å². The summed E-state index contributed by atoms with van der Waals surface area (Å²) in [6.45, 7) is 5.95. The van der Waals surface area contributed by atoms with Gasteiger partial charge in [0.15, 0.2) is 0 Å². The first-order chi connectivity index (χ1) is 9.49. The Labute approximate surface area is 119 Å². The molecular formula is C15H20FN3O. The second kappa shape index (κ2) is 7.61. The quantitative estimate of drug-likeness (QED) is 0.799. The maximum Gasteiger partial charge on any atom is 0.236 e. The van der Waals surface area contributed by atoms with E-state index in [9.17, 15) is 9.18 Å². The van der Waals surface area contributed by atoms with Gasteiger partial charge in [-0.2, -0.15) is 5.26 Å². The molecular weight excluding hydrogens is 257 g/mol. The first-order valence-electron chi connectivity index (χ1n) is 6.66. The number of hydrogen-bond donors (Lipinski definition) is 0. The van der Waals surface area contributed by atoms with Crippen molar-refractivity contribution in [2.75, 3.05) is 26.7 Å². The number of likely N-dealkylation sites (N-methyl/N-ethyl adjacent to an activating group) is 2. The lowest BCUT2D eigenvalue weighted by atomic mass is 10.1. The third-order valence-electron chi connectivity index (χ3n) is 3.06. The molecule has 0 atom stereocenters. The van der Waals surface area contributed by atoms with Crippen LogP contribution in [0.1, 0.15) is 25.0 Å². The van der Waals surface area contributed by atoms with Crippen LogP contribution in [0.25, 0.3) is 0 Å². The standard InChI is InChI=1S/C15H20FN3O/c1-4-19(5-2)15(20)11-18(3)10-13-6-12(9-17)7-14(16)8-13/h6-8H,4-5,10-11H2,1-3H3. The number of halogens is 1. The van der Waals surface area contributed by atoms with Crippen LogP contribution in [0.5, 0.6) is 0 Å². The van der Waals surface area contributed by atoms with Gasteiger partial charge in [-0.25, -0.2) is 4.39 Å². The number of nitriles is 1. The summed E-state index contributed by atoms with van der Waals surface area (Å²) in [6, 6.07) is 6.15. The molecule has 0 aliphatic carbocycles. The van der Waals surface area contributed by atoms with Crippen LogP contribution >= 0.6 is 0 Å².